The summed E-state index contributed by atoms with van der Waals surface area (Å²) in [6.07, 6.45) is 0.540. The number of hydrogen-bond acceptors (Lipinski definition) is 6. The van der Waals surface area contributed by atoms with Crippen LogP contribution in [0.15, 0.2) is 41.2 Å². The summed E-state index contributed by atoms with van der Waals surface area (Å²) in [6, 6.07) is 11.2. The van der Waals surface area contributed by atoms with Crippen LogP contribution < -0.4 is 10.9 Å². The van der Waals surface area contributed by atoms with Gasteiger partial charge in [0.05, 0.1) is 24.7 Å². The van der Waals surface area contributed by atoms with Crippen LogP contribution in [0.25, 0.3) is 0 Å². The second-order valence-corrected chi connectivity index (χ2v) is 12.0. The van der Waals surface area contributed by atoms with Crippen LogP contribution >= 0.6 is 0 Å². The van der Waals surface area contributed by atoms with Gasteiger partial charge < -0.3 is 14.8 Å². The van der Waals surface area contributed by atoms with Gasteiger partial charge in [-0.3, -0.25) is 14.4 Å². The molecule has 2 fully saturated rings. The number of alkyl halides is 2. The number of nitrogens with zero attached hydrogens (tertiary/aromatic N) is 4. The molecule has 3 heterocycles. The highest BCUT2D eigenvalue weighted by atomic mass is 32.2. The van der Waals surface area contributed by atoms with E-state index in [1.807, 2.05) is 6.07 Å². The molecule has 0 radical (unpaired) electrons. The largest absolute Gasteiger partial charge is 0.348 e. The van der Waals surface area contributed by atoms with Gasteiger partial charge in [-0.25, -0.2) is 17.2 Å². The Bertz CT molecular complexity index is 1480. The number of fused-ring (bicyclic) bond motifs is 1. The molecule has 1 N–H and O–H groups in total. The van der Waals surface area contributed by atoms with Gasteiger partial charge in [0.15, 0.2) is 0 Å². The fraction of sp³-hybridized carbons (Fsp3) is 0.417. The predicted molar refractivity (Wildman–Crippen MR) is 126 cm³/mol. The van der Waals surface area contributed by atoms with Crippen LogP contribution in [0.2, 0.25) is 0 Å². The van der Waals surface area contributed by atoms with Crippen molar-refractivity contribution in [3.8, 4) is 6.07 Å². The van der Waals surface area contributed by atoms with E-state index in [-0.39, 0.29) is 50.3 Å². The van der Waals surface area contributed by atoms with Crippen molar-refractivity contribution in [3.63, 3.8) is 0 Å². The molecule has 5 rings (SSSR count). The zero-order chi connectivity index (χ0) is 26.6. The number of amides is 2. The second-order valence-electron chi connectivity index (χ2n) is 9.62. The second kappa shape index (κ2) is 8.74. The number of pyridine rings is 1. The van der Waals surface area contributed by atoms with Gasteiger partial charge in [-0.2, -0.15) is 9.57 Å². The molecule has 2 aromatic rings. The lowest BCUT2D eigenvalue weighted by atomic mass is 10.1. The van der Waals surface area contributed by atoms with Gasteiger partial charge in [-0.1, -0.05) is 12.1 Å². The van der Waals surface area contributed by atoms with Gasteiger partial charge in [0, 0.05) is 26.2 Å². The number of carbonyl (C=O) groups excluding carboxylic acids is 2. The minimum Gasteiger partial charge on any atom is -0.348 e. The number of nitriles is 1. The highest BCUT2D eigenvalue weighted by molar-refractivity contribution is 7.90. The molecule has 194 valence electrons. The Morgan fingerprint density at radius 1 is 1.05 bits per heavy atom. The third kappa shape index (κ3) is 4.40. The lowest BCUT2D eigenvalue weighted by Crippen LogP contribution is -2.62. The van der Waals surface area contributed by atoms with Crippen LogP contribution in [0.1, 0.15) is 44.8 Å². The first kappa shape index (κ1) is 25.0. The Kier molecular flexibility index (Phi) is 5.91. The Hall–Kier alpha value is -3.63. The summed E-state index contributed by atoms with van der Waals surface area (Å²) in [4.78, 5) is 40.1. The first-order chi connectivity index (χ1) is 17.5. The number of rotatable bonds is 7. The van der Waals surface area contributed by atoms with Crippen molar-refractivity contribution < 1.29 is 26.8 Å². The van der Waals surface area contributed by atoms with Gasteiger partial charge in [-0.15, -0.1) is 0 Å². The molecular formula is C24H23F2N5O5S. The highest BCUT2D eigenvalue weighted by Crippen LogP contribution is 2.48. The van der Waals surface area contributed by atoms with E-state index in [0.717, 1.165) is 9.87 Å². The van der Waals surface area contributed by atoms with Crippen molar-refractivity contribution in [3.05, 3.63) is 69.1 Å². The molecule has 2 amide bonds. The summed E-state index contributed by atoms with van der Waals surface area (Å²) in [5.41, 5.74) is 0.470. The lowest BCUT2D eigenvalue weighted by molar-refractivity contribution is -0.0950. The first-order valence-electron chi connectivity index (χ1n) is 11.6. The minimum atomic E-state index is -4.00. The molecule has 0 spiro atoms. The third-order valence-corrected chi connectivity index (χ3v) is 9.61. The maximum absolute atomic E-state index is 13.3. The Morgan fingerprint density at radius 3 is 2.32 bits per heavy atom. The van der Waals surface area contributed by atoms with E-state index < -0.39 is 51.2 Å². The molecule has 3 aliphatic rings. The number of hydrogen-bond donors (Lipinski definition) is 1. The van der Waals surface area contributed by atoms with E-state index in [4.69, 9.17) is 5.26 Å². The van der Waals surface area contributed by atoms with Crippen molar-refractivity contribution in [2.24, 2.45) is 0 Å². The van der Waals surface area contributed by atoms with Crippen LogP contribution in [0.4, 0.5) is 8.78 Å². The Labute approximate surface area is 211 Å². The number of sulfonamides is 1. The zero-order valence-corrected chi connectivity index (χ0v) is 20.4. The molecule has 10 nitrogen and oxygen atoms in total. The minimum absolute atomic E-state index is 0.0311. The predicted octanol–water partition coefficient (Wildman–Crippen LogP) is 0.919. The smallest absolute Gasteiger partial charge is 0.275 e. The van der Waals surface area contributed by atoms with Gasteiger partial charge in [0.25, 0.3) is 23.3 Å². The van der Waals surface area contributed by atoms with Crippen molar-refractivity contribution in [1.29, 1.82) is 5.26 Å². The summed E-state index contributed by atoms with van der Waals surface area (Å²) in [5, 5.41) is 11.5. The number of nitrogens with one attached hydrogen (secondary N) is 1. The van der Waals surface area contributed by atoms with Crippen molar-refractivity contribution in [2.75, 3.05) is 26.2 Å². The van der Waals surface area contributed by atoms with Gasteiger partial charge in [0.2, 0.25) is 10.0 Å². The topological polar surface area (TPSA) is 133 Å². The number of carbonyl (C=O) groups is 2. The summed E-state index contributed by atoms with van der Waals surface area (Å²) in [7, 11) is -4.00. The van der Waals surface area contributed by atoms with E-state index in [9.17, 15) is 31.6 Å². The molecule has 37 heavy (non-hydrogen) atoms. The molecule has 0 unspecified atom stereocenters. The molecule has 0 bridgehead atoms. The number of benzene rings is 1. The Morgan fingerprint density at radius 2 is 1.73 bits per heavy atom. The van der Waals surface area contributed by atoms with Crippen LogP contribution in [-0.4, -0.2) is 70.9 Å². The van der Waals surface area contributed by atoms with Crippen molar-refractivity contribution >= 4 is 21.8 Å². The molecule has 1 aromatic heterocycles. The van der Waals surface area contributed by atoms with Crippen molar-refractivity contribution in [2.45, 2.75) is 36.6 Å². The molecule has 13 heteroatoms. The standard InChI is InChI=1S/C24H23F2N5O5S/c25-24(26)14-30(15-24)37(35,36)23(7-8-23)13-29-9-10-31-19(22(29)34)6-5-18(21(31)33)20(32)28-12-17-3-1-16(11-27)2-4-17/h1-6H,7-10,12-15H2,(H,28,32). The average molecular weight is 532 g/mol. The Balaban J connectivity index is 1.28. The fourth-order valence-electron chi connectivity index (χ4n) is 4.67. The third-order valence-electron chi connectivity index (χ3n) is 7.04. The summed E-state index contributed by atoms with van der Waals surface area (Å²) >= 11 is 0. The first-order valence-corrected chi connectivity index (χ1v) is 13.1. The van der Waals surface area contributed by atoms with E-state index in [1.165, 1.54) is 21.6 Å². The zero-order valence-electron chi connectivity index (χ0n) is 19.6. The monoisotopic (exact) mass is 531 g/mol. The normalized spacial score (nSPS) is 19.9. The van der Waals surface area contributed by atoms with Crippen LogP contribution in [0, 0.1) is 11.3 Å². The molecule has 1 aromatic carbocycles. The molecule has 1 aliphatic carbocycles. The maximum atomic E-state index is 13.3. The molecule has 2 aliphatic heterocycles. The quantitative estimate of drug-likeness (QED) is 0.565. The lowest BCUT2D eigenvalue weighted by Gasteiger charge is -2.41. The van der Waals surface area contributed by atoms with E-state index >= 15 is 0 Å². The molecule has 1 saturated carbocycles. The van der Waals surface area contributed by atoms with E-state index in [1.54, 1.807) is 24.3 Å². The van der Waals surface area contributed by atoms with Crippen molar-refractivity contribution in [1.82, 2.24) is 19.1 Å². The van der Waals surface area contributed by atoms with Crippen LogP contribution in [-0.2, 0) is 23.1 Å². The summed E-state index contributed by atoms with van der Waals surface area (Å²) in [6.45, 7) is -1.59. The van der Waals surface area contributed by atoms with Gasteiger partial charge in [-0.05, 0) is 42.7 Å². The summed E-state index contributed by atoms with van der Waals surface area (Å²) < 4.78 is 53.0. The number of aromatic nitrogens is 1. The average Bonchev–Trinajstić information content (AvgIpc) is 3.65. The van der Waals surface area contributed by atoms with Gasteiger partial charge >= 0.3 is 0 Å². The molecular weight excluding hydrogens is 508 g/mol. The SMILES string of the molecule is N#Cc1ccc(CNC(=O)c2ccc3n(c2=O)CCN(CC2(S(=O)(=O)N4CC(F)(F)C4)CC2)C3=O)cc1. The molecule has 1 saturated heterocycles. The highest BCUT2D eigenvalue weighted by Gasteiger charge is 2.62. The maximum Gasteiger partial charge on any atom is 0.275 e. The summed E-state index contributed by atoms with van der Waals surface area (Å²) in [5.74, 6) is -4.20. The number of halogens is 2. The van der Waals surface area contributed by atoms with Crippen LogP contribution in [0.3, 0.4) is 0 Å². The van der Waals surface area contributed by atoms with E-state index in [0.29, 0.717) is 5.56 Å². The van der Waals surface area contributed by atoms with E-state index in [2.05, 4.69) is 5.32 Å². The van der Waals surface area contributed by atoms with Gasteiger partial charge in [0.1, 0.15) is 16.0 Å². The fourth-order valence-corrected chi connectivity index (χ4v) is 6.87. The molecule has 0 atom stereocenters. The van der Waals surface area contributed by atoms with Crippen LogP contribution in [0.5, 0.6) is 0 Å².